The number of carboxylic acids is 1. The van der Waals surface area contributed by atoms with E-state index in [2.05, 4.69) is 5.32 Å². The summed E-state index contributed by atoms with van der Waals surface area (Å²) < 4.78 is 0. The number of amides is 1. The van der Waals surface area contributed by atoms with E-state index >= 15 is 0 Å². The maximum absolute atomic E-state index is 11.5. The molecule has 88 valence electrons. The maximum atomic E-state index is 11.5. The lowest BCUT2D eigenvalue weighted by Crippen LogP contribution is -2.43. The van der Waals surface area contributed by atoms with E-state index in [1.807, 2.05) is 20.8 Å². The minimum atomic E-state index is -1.32. The average molecular weight is 215 g/mol. The Morgan fingerprint density at radius 1 is 1.13 bits per heavy atom. The van der Waals surface area contributed by atoms with Gasteiger partial charge in [-0.15, -0.1) is 0 Å². The molecule has 0 aliphatic heterocycles. The third-order valence-corrected chi connectivity index (χ3v) is 2.58. The second-order valence-electron chi connectivity index (χ2n) is 5.28. The van der Waals surface area contributed by atoms with E-state index in [4.69, 9.17) is 5.11 Å². The number of hydrogen-bond acceptors (Lipinski definition) is 2. The van der Waals surface area contributed by atoms with Crippen molar-refractivity contribution in [2.75, 3.05) is 7.05 Å². The molecule has 0 aromatic rings. The quantitative estimate of drug-likeness (QED) is 0.701. The van der Waals surface area contributed by atoms with Crippen LogP contribution in [0.3, 0.4) is 0 Å². The molecule has 4 nitrogen and oxygen atoms in total. The summed E-state index contributed by atoms with van der Waals surface area (Å²) in [5, 5.41) is 11.5. The minimum absolute atomic E-state index is 0.0325. The molecule has 1 atom stereocenters. The molecule has 0 radical (unpaired) electrons. The third kappa shape index (κ3) is 3.90. The Labute approximate surface area is 91.1 Å². The van der Waals surface area contributed by atoms with Crippen molar-refractivity contribution in [3.05, 3.63) is 0 Å². The summed E-state index contributed by atoms with van der Waals surface area (Å²) in [6, 6.07) is 0. The number of carboxylic acid groups (broad SMARTS) is 1. The van der Waals surface area contributed by atoms with Crippen molar-refractivity contribution in [1.82, 2.24) is 5.32 Å². The van der Waals surface area contributed by atoms with Crippen molar-refractivity contribution in [2.24, 2.45) is 10.8 Å². The van der Waals surface area contributed by atoms with Gasteiger partial charge in [-0.25, -0.2) is 0 Å². The van der Waals surface area contributed by atoms with Crippen LogP contribution in [0.5, 0.6) is 0 Å². The second kappa shape index (κ2) is 4.64. The monoisotopic (exact) mass is 215 g/mol. The predicted octanol–water partition coefficient (Wildman–Crippen LogP) is 1.65. The highest BCUT2D eigenvalue weighted by molar-refractivity contribution is 6.01. The van der Waals surface area contributed by atoms with Crippen molar-refractivity contribution in [3.63, 3.8) is 0 Å². The second-order valence-corrected chi connectivity index (χ2v) is 5.28. The fraction of sp³-hybridized carbons (Fsp3) is 0.818. The molecule has 0 rings (SSSR count). The topological polar surface area (TPSA) is 66.4 Å². The van der Waals surface area contributed by atoms with Gasteiger partial charge < -0.3 is 10.4 Å². The van der Waals surface area contributed by atoms with Crippen molar-refractivity contribution >= 4 is 11.9 Å². The maximum Gasteiger partial charge on any atom is 0.318 e. The van der Waals surface area contributed by atoms with Gasteiger partial charge in [-0.05, 0) is 25.2 Å². The van der Waals surface area contributed by atoms with Gasteiger partial charge in [0.25, 0.3) is 0 Å². The summed E-state index contributed by atoms with van der Waals surface area (Å²) in [7, 11) is 1.46. The van der Waals surface area contributed by atoms with Gasteiger partial charge in [0.1, 0.15) is 5.41 Å². The first kappa shape index (κ1) is 13.9. The zero-order valence-corrected chi connectivity index (χ0v) is 10.2. The lowest BCUT2D eigenvalue weighted by molar-refractivity contribution is -0.155. The zero-order chi connectivity index (χ0) is 12.3. The SMILES string of the molecule is CNC(=O)C(C)(CCC(C)(C)C)C(=O)O. The molecular formula is C11H21NO3. The van der Waals surface area contributed by atoms with Crippen LogP contribution in [-0.4, -0.2) is 24.0 Å². The standard InChI is InChI=1S/C11H21NO3/c1-10(2,3)6-7-11(4,9(14)15)8(13)12-5/h6-7H2,1-5H3,(H,12,13)(H,14,15). The Hall–Kier alpha value is -1.06. The summed E-state index contributed by atoms with van der Waals surface area (Å²) in [6.45, 7) is 7.55. The number of carbonyl (C=O) groups is 2. The molecule has 1 unspecified atom stereocenters. The highest BCUT2D eigenvalue weighted by Crippen LogP contribution is 2.31. The van der Waals surface area contributed by atoms with Crippen LogP contribution in [0.25, 0.3) is 0 Å². The Balaban J connectivity index is 4.68. The fourth-order valence-corrected chi connectivity index (χ4v) is 1.22. The van der Waals surface area contributed by atoms with Crippen LogP contribution in [0.4, 0.5) is 0 Å². The van der Waals surface area contributed by atoms with E-state index < -0.39 is 17.3 Å². The molecule has 0 spiro atoms. The Bertz CT molecular complexity index is 255. The van der Waals surface area contributed by atoms with Gasteiger partial charge in [0, 0.05) is 7.05 Å². The van der Waals surface area contributed by atoms with Gasteiger partial charge in [0.15, 0.2) is 0 Å². The Kier molecular flexibility index (Phi) is 4.31. The van der Waals surface area contributed by atoms with Crippen LogP contribution in [0.15, 0.2) is 0 Å². The Morgan fingerprint density at radius 2 is 1.60 bits per heavy atom. The summed E-state index contributed by atoms with van der Waals surface area (Å²) in [5.74, 6) is -1.50. The number of rotatable bonds is 4. The van der Waals surface area contributed by atoms with Crippen molar-refractivity contribution in [2.45, 2.75) is 40.5 Å². The van der Waals surface area contributed by atoms with E-state index in [1.54, 1.807) is 0 Å². The first-order chi connectivity index (χ1) is 6.63. The van der Waals surface area contributed by atoms with Gasteiger partial charge in [-0.2, -0.15) is 0 Å². The van der Waals surface area contributed by atoms with E-state index in [0.717, 1.165) is 0 Å². The molecule has 4 heteroatoms. The van der Waals surface area contributed by atoms with Gasteiger partial charge in [-0.1, -0.05) is 20.8 Å². The molecule has 0 fully saturated rings. The summed E-state index contributed by atoms with van der Waals surface area (Å²) in [6.07, 6.45) is 1.05. The highest BCUT2D eigenvalue weighted by atomic mass is 16.4. The molecule has 0 aromatic heterocycles. The molecule has 0 aliphatic carbocycles. The van der Waals surface area contributed by atoms with Crippen LogP contribution in [0, 0.1) is 10.8 Å². The molecule has 0 bridgehead atoms. The highest BCUT2D eigenvalue weighted by Gasteiger charge is 2.41. The van der Waals surface area contributed by atoms with Crippen LogP contribution in [0.2, 0.25) is 0 Å². The van der Waals surface area contributed by atoms with E-state index in [1.165, 1.54) is 14.0 Å². The minimum Gasteiger partial charge on any atom is -0.480 e. The average Bonchev–Trinajstić information content (AvgIpc) is 2.11. The fourth-order valence-electron chi connectivity index (χ4n) is 1.22. The molecule has 15 heavy (non-hydrogen) atoms. The number of carbonyl (C=O) groups excluding carboxylic acids is 1. The first-order valence-corrected chi connectivity index (χ1v) is 5.09. The third-order valence-electron chi connectivity index (χ3n) is 2.58. The molecule has 2 N–H and O–H groups in total. The van der Waals surface area contributed by atoms with Gasteiger partial charge in [0.2, 0.25) is 5.91 Å². The lowest BCUT2D eigenvalue weighted by Gasteiger charge is -2.27. The van der Waals surface area contributed by atoms with Crippen molar-refractivity contribution in [3.8, 4) is 0 Å². The molecule has 0 heterocycles. The van der Waals surface area contributed by atoms with E-state index in [9.17, 15) is 9.59 Å². The van der Waals surface area contributed by atoms with Crippen LogP contribution >= 0.6 is 0 Å². The normalized spacial score (nSPS) is 15.5. The lowest BCUT2D eigenvalue weighted by atomic mass is 9.78. The van der Waals surface area contributed by atoms with Crippen LogP contribution < -0.4 is 5.32 Å². The molecular weight excluding hydrogens is 194 g/mol. The Morgan fingerprint density at radius 3 is 1.87 bits per heavy atom. The zero-order valence-electron chi connectivity index (χ0n) is 10.2. The number of hydrogen-bond donors (Lipinski definition) is 2. The molecule has 1 amide bonds. The molecule has 0 aliphatic rings. The van der Waals surface area contributed by atoms with Gasteiger partial charge in [0.05, 0.1) is 0 Å². The van der Waals surface area contributed by atoms with Gasteiger partial charge in [-0.3, -0.25) is 9.59 Å². The van der Waals surface area contributed by atoms with Gasteiger partial charge >= 0.3 is 5.97 Å². The predicted molar refractivity (Wildman–Crippen MR) is 58.5 cm³/mol. The molecule has 0 aromatic carbocycles. The van der Waals surface area contributed by atoms with Crippen molar-refractivity contribution in [1.29, 1.82) is 0 Å². The molecule has 0 saturated carbocycles. The summed E-state index contributed by atoms with van der Waals surface area (Å²) >= 11 is 0. The number of aliphatic carboxylic acids is 1. The first-order valence-electron chi connectivity index (χ1n) is 5.09. The summed E-state index contributed by atoms with van der Waals surface area (Å²) in [4.78, 5) is 22.6. The largest absolute Gasteiger partial charge is 0.480 e. The van der Waals surface area contributed by atoms with E-state index in [0.29, 0.717) is 12.8 Å². The summed E-state index contributed by atoms with van der Waals surface area (Å²) in [5.41, 5.74) is -1.28. The number of nitrogens with one attached hydrogen (secondary N) is 1. The van der Waals surface area contributed by atoms with Crippen LogP contribution in [0.1, 0.15) is 40.5 Å². The smallest absolute Gasteiger partial charge is 0.318 e. The van der Waals surface area contributed by atoms with E-state index in [-0.39, 0.29) is 5.41 Å². The van der Waals surface area contributed by atoms with Crippen LogP contribution in [-0.2, 0) is 9.59 Å². The molecule has 0 saturated heterocycles. The van der Waals surface area contributed by atoms with Crippen molar-refractivity contribution < 1.29 is 14.7 Å².